The van der Waals surface area contributed by atoms with E-state index in [2.05, 4.69) is 5.32 Å². The molecule has 1 aromatic rings. The summed E-state index contributed by atoms with van der Waals surface area (Å²) < 4.78 is 0. The van der Waals surface area contributed by atoms with Gasteiger partial charge in [0, 0.05) is 0 Å². The first kappa shape index (κ1) is 10.2. The lowest BCUT2D eigenvalue weighted by Crippen LogP contribution is -2.31. The smallest absolute Gasteiger partial charge is 0.322 e. The van der Waals surface area contributed by atoms with Crippen LogP contribution in [0.15, 0.2) is 30.3 Å². The maximum atomic E-state index is 11.8. The van der Waals surface area contributed by atoms with Gasteiger partial charge in [-0.1, -0.05) is 30.3 Å². The highest BCUT2D eigenvalue weighted by Crippen LogP contribution is 2.20. The summed E-state index contributed by atoms with van der Waals surface area (Å²) in [6.07, 6.45) is 0. The van der Waals surface area contributed by atoms with Crippen molar-refractivity contribution < 1.29 is 9.59 Å². The predicted molar refractivity (Wildman–Crippen MR) is 55.0 cm³/mol. The van der Waals surface area contributed by atoms with E-state index >= 15 is 0 Å². The second kappa shape index (κ2) is 4.03. The van der Waals surface area contributed by atoms with Gasteiger partial charge < -0.3 is 5.32 Å². The molecule has 1 N–H and O–H groups in total. The van der Waals surface area contributed by atoms with Crippen molar-refractivity contribution in [3.8, 4) is 6.07 Å². The van der Waals surface area contributed by atoms with Gasteiger partial charge in [0.05, 0.1) is 6.07 Å². The van der Waals surface area contributed by atoms with Crippen LogP contribution in [-0.4, -0.2) is 23.4 Å². The molecule has 1 heterocycles. The number of nitriles is 1. The highest BCUT2D eigenvalue weighted by Gasteiger charge is 2.38. The molecule has 1 aromatic carbocycles. The zero-order valence-electron chi connectivity index (χ0n) is 8.38. The molecule has 0 saturated carbocycles. The zero-order chi connectivity index (χ0) is 11.5. The van der Waals surface area contributed by atoms with Gasteiger partial charge >= 0.3 is 6.03 Å². The SMILES string of the molecule is N#CCN1C(=O)NC(c2ccccc2)C1=O. The van der Waals surface area contributed by atoms with E-state index < -0.39 is 12.1 Å². The predicted octanol–water partition coefficient (Wildman–Crippen LogP) is 0.803. The van der Waals surface area contributed by atoms with Crippen molar-refractivity contribution in [2.24, 2.45) is 0 Å². The Morgan fingerprint density at radius 3 is 2.62 bits per heavy atom. The summed E-state index contributed by atoms with van der Waals surface area (Å²) >= 11 is 0. The number of hydrogen-bond acceptors (Lipinski definition) is 3. The van der Waals surface area contributed by atoms with Crippen LogP contribution in [0, 0.1) is 11.3 Å². The average molecular weight is 215 g/mol. The molecule has 16 heavy (non-hydrogen) atoms. The van der Waals surface area contributed by atoms with Gasteiger partial charge in [0.25, 0.3) is 5.91 Å². The van der Waals surface area contributed by atoms with Crippen LogP contribution in [0.4, 0.5) is 4.79 Å². The summed E-state index contributed by atoms with van der Waals surface area (Å²) in [6, 6.07) is 9.55. The molecule has 1 aliphatic heterocycles. The fourth-order valence-corrected chi connectivity index (χ4v) is 1.61. The number of urea groups is 1. The third kappa shape index (κ3) is 1.61. The van der Waals surface area contributed by atoms with Gasteiger partial charge in [-0.3, -0.25) is 4.79 Å². The molecule has 2 rings (SSSR count). The summed E-state index contributed by atoms with van der Waals surface area (Å²) in [7, 11) is 0. The first-order chi connectivity index (χ1) is 7.74. The molecule has 5 nitrogen and oxygen atoms in total. The van der Waals surface area contributed by atoms with Crippen molar-refractivity contribution in [3.05, 3.63) is 35.9 Å². The van der Waals surface area contributed by atoms with Crippen LogP contribution in [0.1, 0.15) is 11.6 Å². The Kier molecular flexibility index (Phi) is 2.56. The second-order valence-electron chi connectivity index (χ2n) is 3.38. The molecule has 1 atom stereocenters. The van der Waals surface area contributed by atoms with E-state index in [1.165, 1.54) is 0 Å². The van der Waals surface area contributed by atoms with Crippen LogP contribution in [0.3, 0.4) is 0 Å². The van der Waals surface area contributed by atoms with Crippen molar-refractivity contribution in [3.63, 3.8) is 0 Å². The van der Waals surface area contributed by atoms with E-state index in [4.69, 9.17) is 5.26 Å². The Morgan fingerprint density at radius 2 is 2.00 bits per heavy atom. The van der Waals surface area contributed by atoms with Crippen LogP contribution in [0.5, 0.6) is 0 Å². The highest BCUT2D eigenvalue weighted by atomic mass is 16.2. The number of nitrogens with one attached hydrogen (secondary N) is 1. The fraction of sp³-hybridized carbons (Fsp3) is 0.182. The molecule has 0 radical (unpaired) electrons. The van der Waals surface area contributed by atoms with Crippen molar-refractivity contribution in [1.29, 1.82) is 5.26 Å². The van der Waals surface area contributed by atoms with E-state index in [0.29, 0.717) is 0 Å². The van der Waals surface area contributed by atoms with Crippen LogP contribution in [0.2, 0.25) is 0 Å². The zero-order valence-corrected chi connectivity index (χ0v) is 8.38. The molecular formula is C11H9N3O2. The van der Waals surface area contributed by atoms with Crippen molar-refractivity contribution >= 4 is 11.9 Å². The Bertz CT molecular complexity index is 464. The Morgan fingerprint density at radius 1 is 1.31 bits per heavy atom. The van der Waals surface area contributed by atoms with Gasteiger partial charge in [-0.05, 0) is 5.56 Å². The van der Waals surface area contributed by atoms with Gasteiger partial charge in [0.15, 0.2) is 0 Å². The number of amides is 3. The van der Waals surface area contributed by atoms with Gasteiger partial charge in [-0.25, -0.2) is 9.69 Å². The molecule has 0 aliphatic carbocycles. The normalized spacial score (nSPS) is 19.4. The standard InChI is InChI=1S/C11H9N3O2/c12-6-7-14-10(15)9(13-11(14)16)8-4-2-1-3-5-8/h1-5,9H,7H2,(H,13,16). The number of nitrogens with zero attached hydrogens (tertiary/aromatic N) is 2. The minimum atomic E-state index is -0.665. The third-order valence-electron chi connectivity index (χ3n) is 2.39. The third-order valence-corrected chi connectivity index (χ3v) is 2.39. The lowest BCUT2D eigenvalue weighted by molar-refractivity contribution is -0.127. The van der Waals surface area contributed by atoms with Gasteiger partial charge in [0.2, 0.25) is 0 Å². The number of imide groups is 1. The Balaban J connectivity index is 2.25. The maximum absolute atomic E-state index is 11.8. The average Bonchev–Trinajstić information content (AvgIpc) is 2.59. The number of hydrogen-bond donors (Lipinski definition) is 1. The molecule has 1 unspecified atom stereocenters. The summed E-state index contributed by atoms with van der Waals surface area (Å²) in [4.78, 5) is 24.1. The highest BCUT2D eigenvalue weighted by molar-refractivity contribution is 6.04. The van der Waals surface area contributed by atoms with Crippen molar-refractivity contribution in [1.82, 2.24) is 10.2 Å². The molecule has 0 aromatic heterocycles. The van der Waals surface area contributed by atoms with Crippen LogP contribution >= 0.6 is 0 Å². The van der Waals surface area contributed by atoms with E-state index in [0.717, 1.165) is 10.5 Å². The minimum Gasteiger partial charge on any atom is -0.322 e. The molecule has 0 spiro atoms. The van der Waals surface area contributed by atoms with Gasteiger partial charge in [-0.15, -0.1) is 0 Å². The topological polar surface area (TPSA) is 73.2 Å². The summed E-state index contributed by atoms with van der Waals surface area (Å²) in [6.45, 7) is -0.214. The Hall–Kier alpha value is -2.35. The van der Waals surface area contributed by atoms with E-state index in [1.807, 2.05) is 6.07 Å². The number of rotatable bonds is 2. The van der Waals surface area contributed by atoms with E-state index in [1.54, 1.807) is 30.3 Å². The second-order valence-corrected chi connectivity index (χ2v) is 3.38. The van der Waals surface area contributed by atoms with E-state index in [9.17, 15) is 9.59 Å². The first-order valence-electron chi connectivity index (χ1n) is 4.78. The molecule has 0 bridgehead atoms. The lowest BCUT2D eigenvalue weighted by Gasteiger charge is -2.08. The number of carbonyl (C=O) groups excluding carboxylic acids is 2. The van der Waals surface area contributed by atoms with Crippen LogP contribution in [0.25, 0.3) is 0 Å². The van der Waals surface area contributed by atoms with E-state index in [-0.39, 0.29) is 12.5 Å². The van der Waals surface area contributed by atoms with Crippen molar-refractivity contribution in [2.75, 3.05) is 6.54 Å². The quantitative estimate of drug-likeness (QED) is 0.585. The lowest BCUT2D eigenvalue weighted by atomic mass is 10.1. The molecule has 5 heteroatoms. The molecular weight excluding hydrogens is 206 g/mol. The van der Waals surface area contributed by atoms with Gasteiger partial charge in [-0.2, -0.15) is 5.26 Å². The number of benzene rings is 1. The molecule has 1 aliphatic rings. The fourth-order valence-electron chi connectivity index (χ4n) is 1.61. The molecule has 80 valence electrons. The van der Waals surface area contributed by atoms with Crippen molar-refractivity contribution in [2.45, 2.75) is 6.04 Å². The molecule has 1 fully saturated rings. The molecule has 1 saturated heterocycles. The summed E-state index contributed by atoms with van der Waals surface area (Å²) in [5, 5.41) is 11.0. The summed E-state index contributed by atoms with van der Waals surface area (Å²) in [5.41, 5.74) is 0.723. The maximum Gasteiger partial charge on any atom is 0.326 e. The summed E-state index contributed by atoms with van der Waals surface area (Å²) in [5.74, 6) is -0.377. The minimum absolute atomic E-state index is 0.214. The number of carbonyl (C=O) groups is 2. The largest absolute Gasteiger partial charge is 0.326 e. The van der Waals surface area contributed by atoms with Crippen LogP contribution < -0.4 is 5.32 Å². The Labute approximate surface area is 92.3 Å². The van der Waals surface area contributed by atoms with Crippen LogP contribution in [-0.2, 0) is 4.79 Å². The monoisotopic (exact) mass is 215 g/mol. The molecule has 3 amide bonds. The first-order valence-corrected chi connectivity index (χ1v) is 4.78. The van der Waals surface area contributed by atoms with Gasteiger partial charge in [0.1, 0.15) is 12.6 Å².